The fraction of sp³-hybridized carbons (Fsp3) is 0.562. The van der Waals surface area contributed by atoms with E-state index in [0.29, 0.717) is 6.54 Å². The molecule has 1 saturated heterocycles. The Hall–Kier alpha value is -1.73. The number of methoxy groups -OCH3 is 1. The smallest absolute Gasteiger partial charge is 0.262 e. The third-order valence-electron chi connectivity index (χ3n) is 4.02. The van der Waals surface area contributed by atoms with Gasteiger partial charge in [-0.15, -0.1) is 0 Å². The summed E-state index contributed by atoms with van der Waals surface area (Å²) in [6.07, 6.45) is -0.458. The molecule has 0 bridgehead atoms. The van der Waals surface area contributed by atoms with Gasteiger partial charge in [0, 0.05) is 18.5 Å². The minimum Gasteiger partial charge on any atom is -0.496 e. The molecule has 2 rings (SSSR count). The number of carbonyl (C=O) groups excluding carboxylic acids is 1. The molecule has 1 amide bonds. The van der Waals surface area contributed by atoms with Crippen molar-refractivity contribution in [2.45, 2.75) is 24.4 Å². The molecule has 1 aliphatic heterocycles. The number of benzene rings is 1. The van der Waals surface area contributed by atoms with Crippen LogP contribution in [0.2, 0.25) is 0 Å². The van der Waals surface area contributed by atoms with Gasteiger partial charge in [-0.3, -0.25) is 10.1 Å². The fourth-order valence-corrected chi connectivity index (χ4v) is 2.73. The molecule has 5 nitrogen and oxygen atoms in total. The Balaban J connectivity index is 2.02. The third-order valence-corrected chi connectivity index (χ3v) is 4.02. The Kier molecular flexibility index (Phi) is 5.54. The first-order valence-corrected chi connectivity index (χ1v) is 7.52. The van der Waals surface area contributed by atoms with E-state index in [9.17, 15) is 13.6 Å². The molecule has 1 aromatic carbocycles. The van der Waals surface area contributed by atoms with Crippen LogP contribution in [0, 0.1) is 0 Å². The molecular weight excluding hydrogens is 304 g/mol. The second kappa shape index (κ2) is 7.23. The molecule has 128 valence electrons. The zero-order valence-electron chi connectivity index (χ0n) is 13.6. The van der Waals surface area contributed by atoms with Crippen LogP contribution in [-0.4, -0.2) is 57.1 Å². The molecule has 1 aromatic rings. The number of para-hydroxylation sites is 1. The van der Waals surface area contributed by atoms with Crippen LogP contribution < -0.4 is 15.4 Å². The van der Waals surface area contributed by atoms with Crippen LogP contribution in [0.15, 0.2) is 24.3 Å². The number of likely N-dealkylation sites (N-methyl/N-ethyl adjacent to an activating group) is 1. The van der Waals surface area contributed by atoms with Crippen LogP contribution in [0.1, 0.15) is 18.0 Å². The molecule has 23 heavy (non-hydrogen) atoms. The minimum atomic E-state index is -2.81. The lowest BCUT2D eigenvalue weighted by molar-refractivity contribution is -0.123. The van der Waals surface area contributed by atoms with Gasteiger partial charge in [-0.05, 0) is 20.2 Å². The number of hydrogen-bond donors (Lipinski definition) is 2. The minimum absolute atomic E-state index is 0.114. The molecule has 7 heteroatoms. The van der Waals surface area contributed by atoms with Crippen LogP contribution in [0.4, 0.5) is 8.78 Å². The van der Waals surface area contributed by atoms with Crippen molar-refractivity contribution in [2.24, 2.45) is 0 Å². The lowest BCUT2D eigenvalue weighted by atomic mass is 10.0. The Morgan fingerprint density at radius 1 is 1.48 bits per heavy atom. The van der Waals surface area contributed by atoms with Gasteiger partial charge in [0.1, 0.15) is 5.75 Å². The highest BCUT2D eigenvalue weighted by molar-refractivity contribution is 5.82. The number of rotatable bonds is 6. The maximum Gasteiger partial charge on any atom is 0.262 e. The van der Waals surface area contributed by atoms with Gasteiger partial charge in [-0.25, -0.2) is 8.78 Å². The predicted molar refractivity (Wildman–Crippen MR) is 83.8 cm³/mol. The number of ether oxygens (including phenoxy) is 1. The quantitative estimate of drug-likeness (QED) is 0.830. The summed E-state index contributed by atoms with van der Waals surface area (Å²) in [6, 6.07) is 6.60. The zero-order valence-corrected chi connectivity index (χ0v) is 13.6. The van der Waals surface area contributed by atoms with E-state index in [1.165, 1.54) is 0 Å². The first-order chi connectivity index (χ1) is 10.8. The molecule has 0 aliphatic carbocycles. The van der Waals surface area contributed by atoms with Crippen molar-refractivity contribution < 1.29 is 18.3 Å². The highest BCUT2D eigenvalue weighted by Crippen LogP contribution is 2.28. The molecule has 1 fully saturated rings. The van der Waals surface area contributed by atoms with Gasteiger partial charge in [0.15, 0.2) is 0 Å². The standard InChI is InChI=1S/C16H23F2N3O2/c1-21(2)13(11-6-4-5-7-14(11)23-3)9-19-15(22)12-8-16(17,18)10-20-12/h4-7,12-13,20H,8-10H2,1-3H3,(H,19,22). The molecule has 1 heterocycles. The van der Waals surface area contributed by atoms with Gasteiger partial charge in [0.2, 0.25) is 5.91 Å². The molecule has 2 N–H and O–H groups in total. The third kappa shape index (κ3) is 4.39. The Labute approximate surface area is 135 Å². The summed E-state index contributed by atoms with van der Waals surface area (Å²) in [5, 5.41) is 5.32. The number of hydrogen-bond acceptors (Lipinski definition) is 4. The van der Waals surface area contributed by atoms with E-state index < -0.39 is 30.8 Å². The lowest BCUT2D eigenvalue weighted by Crippen LogP contribution is -2.43. The lowest BCUT2D eigenvalue weighted by Gasteiger charge is -2.27. The topological polar surface area (TPSA) is 53.6 Å². The summed E-state index contributed by atoms with van der Waals surface area (Å²) in [7, 11) is 5.38. The summed E-state index contributed by atoms with van der Waals surface area (Å²) in [5.41, 5.74) is 0.935. The van der Waals surface area contributed by atoms with Gasteiger partial charge >= 0.3 is 0 Å². The van der Waals surface area contributed by atoms with Gasteiger partial charge in [0.05, 0.1) is 25.7 Å². The average molecular weight is 327 g/mol. The highest BCUT2D eigenvalue weighted by atomic mass is 19.3. The van der Waals surface area contributed by atoms with Crippen molar-refractivity contribution >= 4 is 5.91 Å². The SMILES string of the molecule is COc1ccccc1C(CNC(=O)C1CC(F)(F)CN1)N(C)C. The van der Waals surface area contributed by atoms with Crippen molar-refractivity contribution in [1.82, 2.24) is 15.5 Å². The Morgan fingerprint density at radius 3 is 2.74 bits per heavy atom. The highest BCUT2D eigenvalue weighted by Gasteiger charge is 2.42. The largest absolute Gasteiger partial charge is 0.496 e. The van der Waals surface area contributed by atoms with Gasteiger partial charge in [-0.2, -0.15) is 0 Å². The van der Waals surface area contributed by atoms with Gasteiger partial charge in [0.25, 0.3) is 5.92 Å². The van der Waals surface area contributed by atoms with Crippen molar-refractivity contribution in [2.75, 3.05) is 34.3 Å². The maximum atomic E-state index is 13.2. The van der Waals surface area contributed by atoms with E-state index in [1.807, 2.05) is 43.3 Å². The molecule has 1 aliphatic rings. The average Bonchev–Trinajstić information content (AvgIpc) is 2.87. The monoisotopic (exact) mass is 327 g/mol. The second-order valence-electron chi connectivity index (χ2n) is 5.96. The number of nitrogens with zero attached hydrogens (tertiary/aromatic N) is 1. The number of halogens is 2. The molecule has 0 saturated carbocycles. The summed E-state index contributed by atoms with van der Waals surface area (Å²) in [5.74, 6) is -2.49. The first-order valence-electron chi connectivity index (χ1n) is 7.52. The Morgan fingerprint density at radius 2 is 2.17 bits per heavy atom. The van der Waals surface area contributed by atoms with E-state index in [-0.39, 0.29) is 6.04 Å². The van der Waals surface area contributed by atoms with Crippen molar-refractivity contribution in [3.05, 3.63) is 29.8 Å². The Bertz CT molecular complexity index is 552. The van der Waals surface area contributed by atoms with Crippen LogP contribution in [0.25, 0.3) is 0 Å². The van der Waals surface area contributed by atoms with E-state index in [4.69, 9.17) is 4.74 Å². The van der Waals surface area contributed by atoms with Crippen LogP contribution in [-0.2, 0) is 4.79 Å². The maximum absolute atomic E-state index is 13.2. The summed E-state index contributed by atoms with van der Waals surface area (Å²) in [4.78, 5) is 14.0. The predicted octanol–water partition coefficient (Wildman–Crippen LogP) is 1.41. The number of nitrogens with one attached hydrogen (secondary N) is 2. The number of carbonyl (C=O) groups is 1. The van der Waals surface area contributed by atoms with Crippen LogP contribution in [0.3, 0.4) is 0 Å². The summed E-state index contributed by atoms with van der Waals surface area (Å²) >= 11 is 0. The van der Waals surface area contributed by atoms with Crippen LogP contribution in [0.5, 0.6) is 5.75 Å². The van der Waals surface area contributed by atoms with Gasteiger partial charge < -0.3 is 15.0 Å². The molecule has 0 radical (unpaired) electrons. The molecule has 0 spiro atoms. The molecule has 2 unspecified atom stereocenters. The number of alkyl halides is 2. The molecular formula is C16H23F2N3O2. The zero-order chi connectivity index (χ0) is 17.0. The van der Waals surface area contributed by atoms with Crippen molar-refractivity contribution in [1.29, 1.82) is 0 Å². The number of amides is 1. The van der Waals surface area contributed by atoms with Crippen molar-refractivity contribution in [3.8, 4) is 5.75 Å². The van der Waals surface area contributed by atoms with Crippen molar-refractivity contribution in [3.63, 3.8) is 0 Å². The van der Waals surface area contributed by atoms with Gasteiger partial charge in [-0.1, -0.05) is 18.2 Å². The first kappa shape index (κ1) is 17.6. The molecule has 2 atom stereocenters. The van der Waals surface area contributed by atoms with E-state index in [2.05, 4.69) is 10.6 Å². The fourth-order valence-electron chi connectivity index (χ4n) is 2.73. The summed E-state index contributed by atoms with van der Waals surface area (Å²) < 4.78 is 31.7. The van der Waals surface area contributed by atoms with E-state index in [1.54, 1.807) is 7.11 Å². The molecule has 0 aromatic heterocycles. The second-order valence-corrected chi connectivity index (χ2v) is 5.96. The summed E-state index contributed by atoms with van der Waals surface area (Å²) in [6.45, 7) is -0.134. The van der Waals surface area contributed by atoms with Crippen LogP contribution >= 0.6 is 0 Å². The van der Waals surface area contributed by atoms with E-state index in [0.717, 1.165) is 11.3 Å². The normalized spacial score (nSPS) is 21.2. The van der Waals surface area contributed by atoms with E-state index >= 15 is 0 Å².